The molecule has 0 atom stereocenters. The highest BCUT2D eigenvalue weighted by molar-refractivity contribution is 6.32. The van der Waals surface area contributed by atoms with Gasteiger partial charge in [0.25, 0.3) is 0 Å². The Labute approximate surface area is 90.1 Å². The number of hydrogen-bond acceptors (Lipinski definition) is 5. The van der Waals surface area contributed by atoms with Crippen molar-refractivity contribution in [3.63, 3.8) is 0 Å². The van der Waals surface area contributed by atoms with E-state index in [9.17, 15) is 4.91 Å². The van der Waals surface area contributed by atoms with Crippen LogP contribution in [0.3, 0.4) is 0 Å². The standard InChI is InChI=1S/C9H5ClN4O/c10-9-6(2-1-3-11-9)7-4-8(14-15)13-5-12-7/h1-5H. The fraction of sp³-hybridized carbons (Fsp3) is 0. The van der Waals surface area contributed by atoms with Crippen molar-refractivity contribution >= 4 is 17.4 Å². The molecule has 2 aromatic rings. The van der Waals surface area contributed by atoms with Crippen LogP contribution in [0, 0.1) is 4.91 Å². The third kappa shape index (κ3) is 1.97. The molecule has 0 amide bonds. The zero-order valence-corrected chi connectivity index (χ0v) is 8.22. The van der Waals surface area contributed by atoms with Gasteiger partial charge in [0.15, 0.2) is 5.82 Å². The number of halogens is 1. The van der Waals surface area contributed by atoms with Gasteiger partial charge in [-0.25, -0.2) is 15.0 Å². The molecule has 0 aliphatic rings. The minimum atomic E-state index is 0.0694. The van der Waals surface area contributed by atoms with E-state index in [1.807, 2.05) is 0 Å². The van der Waals surface area contributed by atoms with E-state index in [0.29, 0.717) is 16.4 Å². The number of hydrogen-bond donors (Lipinski definition) is 0. The third-order valence-electron chi connectivity index (χ3n) is 1.78. The minimum absolute atomic E-state index is 0.0694. The molecule has 0 unspecified atom stereocenters. The molecule has 2 heterocycles. The summed E-state index contributed by atoms with van der Waals surface area (Å²) in [6.45, 7) is 0. The van der Waals surface area contributed by atoms with E-state index in [2.05, 4.69) is 20.1 Å². The van der Waals surface area contributed by atoms with Gasteiger partial charge in [-0.1, -0.05) is 11.6 Å². The predicted octanol–water partition coefficient (Wildman–Crippen LogP) is 2.59. The quantitative estimate of drug-likeness (QED) is 0.576. The zero-order valence-electron chi connectivity index (χ0n) is 7.46. The molecule has 0 saturated heterocycles. The maximum atomic E-state index is 10.3. The number of nitrogens with zero attached hydrogens (tertiary/aromatic N) is 4. The number of nitroso groups, excluding NO2 is 1. The maximum Gasteiger partial charge on any atom is 0.200 e. The summed E-state index contributed by atoms with van der Waals surface area (Å²) in [5, 5.41) is 3.05. The summed E-state index contributed by atoms with van der Waals surface area (Å²) >= 11 is 5.87. The van der Waals surface area contributed by atoms with Gasteiger partial charge in [-0.2, -0.15) is 0 Å². The Morgan fingerprint density at radius 2 is 2.13 bits per heavy atom. The lowest BCUT2D eigenvalue weighted by Gasteiger charge is -2.01. The van der Waals surface area contributed by atoms with Gasteiger partial charge in [-0.3, -0.25) is 0 Å². The van der Waals surface area contributed by atoms with Crippen LogP contribution in [0.2, 0.25) is 5.15 Å². The van der Waals surface area contributed by atoms with Crippen LogP contribution < -0.4 is 0 Å². The molecule has 74 valence electrons. The summed E-state index contributed by atoms with van der Waals surface area (Å²) in [5.74, 6) is 0.0694. The van der Waals surface area contributed by atoms with E-state index < -0.39 is 0 Å². The van der Waals surface area contributed by atoms with Gasteiger partial charge in [0, 0.05) is 17.8 Å². The van der Waals surface area contributed by atoms with Crippen molar-refractivity contribution in [2.24, 2.45) is 5.18 Å². The topological polar surface area (TPSA) is 68.1 Å². The lowest BCUT2D eigenvalue weighted by molar-refractivity contribution is 1.15. The van der Waals surface area contributed by atoms with Crippen LogP contribution in [0.4, 0.5) is 5.82 Å². The summed E-state index contributed by atoms with van der Waals surface area (Å²) in [5.41, 5.74) is 1.17. The second-order valence-electron chi connectivity index (χ2n) is 2.69. The van der Waals surface area contributed by atoms with Gasteiger partial charge >= 0.3 is 0 Å². The molecule has 2 rings (SSSR count). The van der Waals surface area contributed by atoms with Crippen LogP contribution in [0.25, 0.3) is 11.3 Å². The molecule has 0 fully saturated rings. The molecule has 0 aliphatic heterocycles. The van der Waals surface area contributed by atoms with Crippen molar-refractivity contribution in [3.05, 3.63) is 40.8 Å². The Morgan fingerprint density at radius 3 is 2.87 bits per heavy atom. The molecule has 0 saturated carbocycles. The Bertz CT molecular complexity index is 503. The molecule has 5 nitrogen and oxygen atoms in total. The second kappa shape index (κ2) is 4.10. The van der Waals surface area contributed by atoms with Crippen LogP contribution in [-0.4, -0.2) is 15.0 Å². The maximum absolute atomic E-state index is 10.3. The van der Waals surface area contributed by atoms with Crippen molar-refractivity contribution < 1.29 is 0 Å². The monoisotopic (exact) mass is 220 g/mol. The molecule has 6 heteroatoms. The highest BCUT2D eigenvalue weighted by atomic mass is 35.5. The minimum Gasteiger partial charge on any atom is -0.244 e. The van der Waals surface area contributed by atoms with Gasteiger partial charge in [0.05, 0.1) is 5.69 Å². The molecule has 0 spiro atoms. The van der Waals surface area contributed by atoms with E-state index in [1.165, 1.54) is 12.4 Å². The van der Waals surface area contributed by atoms with E-state index in [1.54, 1.807) is 18.3 Å². The van der Waals surface area contributed by atoms with Crippen molar-refractivity contribution in [1.82, 2.24) is 15.0 Å². The Morgan fingerprint density at radius 1 is 1.27 bits per heavy atom. The third-order valence-corrected chi connectivity index (χ3v) is 2.08. The SMILES string of the molecule is O=Nc1cc(-c2cccnc2Cl)ncn1. The molecule has 2 aromatic heterocycles. The smallest absolute Gasteiger partial charge is 0.200 e. The Kier molecular flexibility index (Phi) is 2.64. The molecule has 0 bridgehead atoms. The molecule has 0 radical (unpaired) electrons. The van der Waals surface area contributed by atoms with Crippen molar-refractivity contribution in [3.8, 4) is 11.3 Å². The summed E-state index contributed by atoms with van der Waals surface area (Å²) in [6, 6.07) is 4.94. The summed E-state index contributed by atoms with van der Waals surface area (Å²) in [4.78, 5) is 21.8. The van der Waals surface area contributed by atoms with Crippen LogP contribution in [0.5, 0.6) is 0 Å². The van der Waals surface area contributed by atoms with Crippen molar-refractivity contribution in [2.45, 2.75) is 0 Å². The first-order chi connectivity index (χ1) is 7.31. The normalized spacial score (nSPS) is 9.93. The average Bonchev–Trinajstić information content (AvgIpc) is 2.30. The van der Waals surface area contributed by atoms with Gasteiger partial charge in [-0.15, -0.1) is 4.91 Å². The van der Waals surface area contributed by atoms with Crippen LogP contribution >= 0.6 is 11.6 Å². The molecule has 0 aromatic carbocycles. The van der Waals surface area contributed by atoms with Gasteiger partial charge in [-0.05, 0) is 17.3 Å². The lowest BCUT2D eigenvalue weighted by atomic mass is 10.2. The van der Waals surface area contributed by atoms with E-state index in [0.717, 1.165) is 0 Å². The van der Waals surface area contributed by atoms with Crippen LogP contribution in [0.1, 0.15) is 0 Å². The Hall–Kier alpha value is -1.88. The first kappa shape index (κ1) is 9.67. The molecular weight excluding hydrogens is 216 g/mol. The predicted molar refractivity (Wildman–Crippen MR) is 55.7 cm³/mol. The first-order valence-electron chi connectivity index (χ1n) is 4.07. The summed E-state index contributed by atoms with van der Waals surface area (Å²) < 4.78 is 0. The van der Waals surface area contributed by atoms with Crippen molar-refractivity contribution in [2.75, 3.05) is 0 Å². The fourth-order valence-electron chi connectivity index (χ4n) is 1.12. The van der Waals surface area contributed by atoms with Gasteiger partial charge in [0.1, 0.15) is 11.5 Å². The molecule has 0 N–H and O–H groups in total. The molecule has 0 aliphatic carbocycles. The largest absolute Gasteiger partial charge is 0.244 e. The van der Waals surface area contributed by atoms with Crippen LogP contribution in [-0.2, 0) is 0 Å². The Balaban J connectivity index is 2.54. The van der Waals surface area contributed by atoms with Gasteiger partial charge < -0.3 is 0 Å². The van der Waals surface area contributed by atoms with Crippen molar-refractivity contribution in [1.29, 1.82) is 0 Å². The highest BCUT2D eigenvalue weighted by Crippen LogP contribution is 2.25. The summed E-state index contributed by atoms with van der Waals surface area (Å²) in [6.07, 6.45) is 2.83. The number of rotatable bonds is 2. The first-order valence-corrected chi connectivity index (χ1v) is 4.45. The molecular formula is C9H5ClN4O. The van der Waals surface area contributed by atoms with Crippen LogP contribution in [0.15, 0.2) is 35.9 Å². The number of aromatic nitrogens is 3. The zero-order chi connectivity index (χ0) is 10.7. The van der Waals surface area contributed by atoms with E-state index >= 15 is 0 Å². The lowest BCUT2D eigenvalue weighted by Crippen LogP contribution is -1.87. The highest BCUT2D eigenvalue weighted by Gasteiger charge is 2.06. The molecule has 15 heavy (non-hydrogen) atoms. The summed E-state index contributed by atoms with van der Waals surface area (Å²) in [7, 11) is 0. The van der Waals surface area contributed by atoms with Gasteiger partial charge in [0.2, 0.25) is 0 Å². The number of pyridine rings is 1. The average molecular weight is 221 g/mol. The second-order valence-corrected chi connectivity index (χ2v) is 3.05. The fourth-order valence-corrected chi connectivity index (χ4v) is 1.34. The van der Waals surface area contributed by atoms with E-state index in [-0.39, 0.29) is 5.82 Å². The van der Waals surface area contributed by atoms with E-state index in [4.69, 9.17) is 11.6 Å².